The first-order valence-corrected chi connectivity index (χ1v) is 9.20. The molecule has 0 bridgehead atoms. The van der Waals surface area contributed by atoms with Crippen LogP contribution in [0.2, 0.25) is 5.02 Å². The van der Waals surface area contributed by atoms with Gasteiger partial charge in [0.2, 0.25) is 11.8 Å². The van der Waals surface area contributed by atoms with Gasteiger partial charge in [-0.15, -0.1) is 0 Å². The van der Waals surface area contributed by atoms with E-state index in [0.29, 0.717) is 21.8 Å². The molecule has 2 N–H and O–H groups in total. The molecule has 0 atom stereocenters. The lowest BCUT2D eigenvalue weighted by Crippen LogP contribution is -2.35. The summed E-state index contributed by atoms with van der Waals surface area (Å²) in [6.45, 7) is -0.121. The van der Waals surface area contributed by atoms with Gasteiger partial charge in [-0.3, -0.25) is 19.3 Å². The highest BCUT2D eigenvalue weighted by Gasteiger charge is 2.28. The van der Waals surface area contributed by atoms with Crippen molar-refractivity contribution in [1.82, 2.24) is 15.1 Å². The number of imide groups is 1. The van der Waals surface area contributed by atoms with Crippen LogP contribution >= 0.6 is 11.6 Å². The highest BCUT2D eigenvalue weighted by molar-refractivity contribution is 6.33. The van der Waals surface area contributed by atoms with E-state index in [1.807, 2.05) is 0 Å². The van der Waals surface area contributed by atoms with Crippen molar-refractivity contribution in [2.75, 3.05) is 25.5 Å². The summed E-state index contributed by atoms with van der Waals surface area (Å²) in [7, 11) is 1.51. The van der Waals surface area contributed by atoms with Gasteiger partial charge in [-0.1, -0.05) is 35.9 Å². The van der Waals surface area contributed by atoms with E-state index in [1.165, 1.54) is 11.9 Å². The fraction of sp³-hybridized carbons (Fsp3) is 0.200. The first-order chi connectivity index (χ1) is 13.8. The fourth-order valence-electron chi connectivity index (χ4n) is 2.86. The SMILES string of the molecule is CN(CC(=O)Nc1ccccc1Cl)C(=O)c1cccc(CN2C(=O)CNC2=O)c1. The highest BCUT2D eigenvalue weighted by atomic mass is 35.5. The Morgan fingerprint density at radius 3 is 2.62 bits per heavy atom. The van der Waals surface area contributed by atoms with Gasteiger partial charge in [-0.05, 0) is 29.8 Å². The Morgan fingerprint density at radius 2 is 1.93 bits per heavy atom. The van der Waals surface area contributed by atoms with Crippen molar-refractivity contribution < 1.29 is 19.2 Å². The zero-order valence-corrected chi connectivity index (χ0v) is 16.4. The normalized spacial score (nSPS) is 13.2. The Morgan fingerprint density at radius 1 is 1.17 bits per heavy atom. The van der Waals surface area contributed by atoms with Crippen LogP contribution in [0.1, 0.15) is 15.9 Å². The molecule has 1 saturated heterocycles. The Labute approximate surface area is 172 Å². The summed E-state index contributed by atoms with van der Waals surface area (Å²) in [5.74, 6) is -1.07. The highest BCUT2D eigenvalue weighted by Crippen LogP contribution is 2.20. The monoisotopic (exact) mass is 414 g/mol. The molecule has 150 valence electrons. The maximum atomic E-state index is 12.7. The predicted octanol–water partition coefficient (Wildman–Crippen LogP) is 2.10. The largest absolute Gasteiger partial charge is 0.332 e. The van der Waals surface area contributed by atoms with Gasteiger partial charge in [-0.25, -0.2) is 4.79 Å². The lowest BCUT2D eigenvalue weighted by Gasteiger charge is -2.18. The molecule has 8 nitrogen and oxygen atoms in total. The molecule has 0 spiro atoms. The minimum atomic E-state index is -0.458. The number of likely N-dealkylation sites (N-methyl/N-ethyl adjacent to an activating group) is 1. The molecule has 2 aromatic rings. The molecule has 2 aromatic carbocycles. The first-order valence-electron chi connectivity index (χ1n) is 8.82. The molecule has 0 aromatic heterocycles. The zero-order chi connectivity index (χ0) is 21.0. The Balaban J connectivity index is 1.63. The van der Waals surface area contributed by atoms with Gasteiger partial charge in [0.25, 0.3) is 5.91 Å². The van der Waals surface area contributed by atoms with E-state index >= 15 is 0 Å². The summed E-state index contributed by atoms with van der Waals surface area (Å²) in [6, 6.07) is 13.0. The smallest absolute Gasteiger partial charge is 0.324 e. The molecule has 1 aliphatic heterocycles. The third kappa shape index (κ3) is 4.91. The Hall–Kier alpha value is -3.39. The van der Waals surface area contributed by atoms with Crippen LogP contribution in [0.15, 0.2) is 48.5 Å². The molecule has 3 rings (SSSR count). The fourth-order valence-corrected chi connectivity index (χ4v) is 3.04. The number of rotatable bonds is 6. The Kier molecular flexibility index (Phi) is 6.13. The lowest BCUT2D eigenvalue weighted by atomic mass is 10.1. The van der Waals surface area contributed by atoms with Gasteiger partial charge < -0.3 is 15.5 Å². The summed E-state index contributed by atoms with van der Waals surface area (Å²) in [5, 5.41) is 5.52. The van der Waals surface area contributed by atoms with Crippen LogP contribution in [-0.4, -0.2) is 53.7 Å². The minimum Gasteiger partial charge on any atom is -0.332 e. The maximum absolute atomic E-state index is 12.7. The maximum Gasteiger partial charge on any atom is 0.324 e. The lowest BCUT2D eigenvalue weighted by molar-refractivity contribution is -0.125. The number of halogens is 1. The van der Waals surface area contributed by atoms with Crippen LogP contribution in [0.4, 0.5) is 10.5 Å². The van der Waals surface area contributed by atoms with Crippen LogP contribution in [0, 0.1) is 0 Å². The van der Waals surface area contributed by atoms with Crippen molar-refractivity contribution in [2.24, 2.45) is 0 Å². The summed E-state index contributed by atoms with van der Waals surface area (Å²) in [5.41, 5.74) is 1.45. The molecule has 1 aliphatic rings. The third-order valence-corrected chi connectivity index (χ3v) is 4.66. The number of nitrogens with one attached hydrogen (secondary N) is 2. The average Bonchev–Trinajstić information content (AvgIpc) is 3.01. The molecule has 1 heterocycles. The van der Waals surface area contributed by atoms with Crippen LogP contribution < -0.4 is 10.6 Å². The predicted molar refractivity (Wildman–Crippen MR) is 107 cm³/mol. The van der Waals surface area contributed by atoms with E-state index in [9.17, 15) is 19.2 Å². The molecule has 9 heteroatoms. The molecular weight excluding hydrogens is 396 g/mol. The number of urea groups is 1. The first kappa shape index (κ1) is 20.3. The van der Waals surface area contributed by atoms with Gasteiger partial charge in [0, 0.05) is 12.6 Å². The van der Waals surface area contributed by atoms with E-state index < -0.39 is 6.03 Å². The summed E-state index contributed by atoms with van der Waals surface area (Å²) in [6.07, 6.45) is 0. The van der Waals surface area contributed by atoms with Gasteiger partial charge in [0.05, 0.1) is 30.3 Å². The zero-order valence-electron chi connectivity index (χ0n) is 15.6. The second-order valence-electron chi connectivity index (χ2n) is 6.53. The number of carbonyl (C=O) groups excluding carboxylic acids is 4. The summed E-state index contributed by atoms with van der Waals surface area (Å²) >= 11 is 6.02. The molecule has 0 radical (unpaired) electrons. The molecule has 5 amide bonds. The molecular formula is C20H19ClN4O4. The summed E-state index contributed by atoms with van der Waals surface area (Å²) < 4.78 is 0. The van der Waals surface area contributed by atoms with Gasteiger partial charge in [-0.2, -0.15) is 0 Å². The van der Waals surface area contributed by atoms with Crippen LogP contribution in [0.5, 0.6) is 0 Å². The van der Waals surface area contributed by atoms with E-state index in [-0.39, 0.29) is 37.4 Å². The molecule has 29 heavy (non-hydrogen) atoms. The van der Waals surface area contributed by atoms with E-state index in [1.54, 1.807) is 48.5 Å². The van der Waals surface area contributed by atoms with Gasteiger partial charge in [0.1, 0.15) is 0 Å². The second kappa shape index (κ2) is 8.74. The number of para-hydroxylation sites is 1. The average molecular weight is 415 g/mol. The van der Waals surface area contributed by atoms with Gasteiger partial charge >= 0.3 is 6.03 Å². The summed E-state index contributed by atoms with van der Waals surface area (Å²) in [4.78, 5) is 50.7. The standard InChI is InChI=1S/C20H19ClN4O4/c1-24(12-17(26)23-16-8-3-2-7-15(16)21)19(28)14-6-4-5-13(9-14)11-25-18(27)10-22-20(25)29/h2-9H,10-12H2,1H3,(H,22,29)(H,23,26). The molecule has 1 fully saturated rings. The van der Waals surface area contributed by atoms with Crippen molar-refractivity contribution in [3.8, 4) is 0 Å². The van der Waals surface area contributed by atoms with Crippen LogP contribution in [0.25, 0.3) is 0 Å². The minimum absolute atomic E-state index is 0.0270. The number of benzene rings is 2. The van der Waals surface area contributed by atoms with Crippen molar-refractivity contribution in [1.29, 1.82) is 0 Å². The van der Waals surface area contributed by atoms with Crippen molar-refractivity contribution >= 4 is 41.0 Å². The van der Waals surface area contributed by atoms with Crippen molar-refractivity contribution in [3.05, 3.63) is 64.7 Å². The number of hydrogen-bond acceptors (Lipinski definition) is 4. The van der Waals surface area contributed by atoms with E-state index in [0.717, 1.165) is 4.90 Å². The number of nitrogens with zero attached hydrogens (tertiary/aromatic N) is 2. The number of hydrogen-bond donors (Lipinski definition) is 2. The van der Waals surface area contributed by atoms with Crippen LogP contribution in [0.3, 0.4) is 0 Å². The quantitative estimate of drug-likeness (QED) is 0.707. The van der Waals surface area contributed by atoms with Crippen molar-refractivity contribution in [3.63, 3.8) is 0 Å². The topological polar surface area (TPSA) is 98.8 Å². The molecule has 0 unspecified atom stereocenters. The number of carbonyl (C=O) groups is 4. The van der Waals surface area contributed by atoms with E-state index in [2.05, 4.69) is 10.6 Å². The second-order valence-corrected chi connectivity index (χ2v) is 6.94. The van der Waals surface area contributed by atoms with Gasteiger partial charge in [0.15, 0.2) is 0 Å². The number of anilines is 1. The number of amides is 5. The van der Waals surface area contributed by atoms with E-state index in [4.69, 9.17) is 11.6 Å². The van der Waals surface area contributed by atoms with Crippen LogP contribution in [-0.2, 0) is 16.1 Å². The third-order valence-electron chi connectivity index (χ3n) is 4.33. The molecule has 0 aliphatic carbocycles. The molecule has 0 saturated carbocycles. The van der Waals surface area contributed by atoms with Crippen molar-refractivity contribution in [2.45, 2.75) is 6.54 Å². The Bertz CT molecular complexity index is 962.